The van der Waals surface area contributed by atoms with Crippen LogP contribution in [-0.4, -0.2) is 10.4 Å². The Hall–Kier alpha value is -0.470. The Morgan fingerprint density at radius 1 is 1.21 bits per heavy atom. The maximum atomic E-state index is 9.18. The maximum absolute atomic E-state index is 9.18. The number of hydrogen-bond acceptors (Lipinski definition) is 2. The molecule has 1 aromatic rings. The van der Waals surface area contributed by atoms with Gasteiger partial charge in [0.25, 0.3) is 0 Å². The number of benzene rings is 1. The van der Waals surface area contributed by atoms with Gasteiger partial charge < -0.3 is 5.11 Å². The lowest BCUT2D eigenvalue weighted by atomic mass is 10.2. The SMILES string of the molecule is OCc1ccccc1SC1CCCC1. The topological polar surface area (TPSA) is 20.2 Å². The standard InChI is InChI=1S/C12H16OS/c13-9-10-5-1-4-8-12(10)14-11-6-2-3-7-11/h1,4-5,8,11,13H,2-3,6-7,9H2. The highest BCUT2D eigenvalue weighted by Crippen LogP contribution is 2.36. The molecular weight excluding hydrogens is 192 g/mol. The summed E-state index contributed by atoms with van der Waals surface area (Å²) in [7, 11) is 0. The first-order valence-electron chi connectivity index (χ1n) is 5.25. The first kappa shape index (κ1) is 10.1. The van der Waals surface area contributed by atoms with Crippen molar-refractivity contribution in [3.8, 4) is 0 Å². The third kappa shape index (κ3) is 2.31. The molecule has 76 valence electrons. The smallest absolute Gasteiger partial charge is 0.0692 e. The zero-order valence-corrected chi connectivity index (χ0v) is 9.09. The van der Waals surface area contributed by atoms with Crippen LogP contribution < -0.4 is 0 Å². The summed E-state index contributed by atoms with van der Waals surface area (Å²) < 4.78 is 0. The molecule has 14 heavy (non-hydrogen) atoms. The molecule has 2 heteroatoms. The zero-order valence-electron chi connectivity index (χ0n) is 8.28. The predicted molar refractivity (Wildman–Crippen MR) is 60.5 cm³/mol. The van der Waals surface area contributed by atoms with Crippen LogP contribution in [0, 0.1) is 0 Å². The summed E-state index contributed by atoms with van der Waals surface area (Å²) in [6.07, 6.45) is 5.42. The number of rotatable bonds is 3. The van der Waals surface area contributed by atoms with Gasteiger partial charge in [-0.2, -0.15) is 0 Å². The molecule has 0 aliphatic heterocycles. The summed E-state index contributed by atoms with van der Waals surface area (Å²) in [5, 5.41) is 9.96. The average Bonchev–Trinajstić information content (AvgIpc) is 2.71. The summed E-state index contributed by atoms with van der Waals surface area (Å²) in [5.41, 5.74) is 1.07. The lowest BCUT2D eigenvalue weighted by Crippen LogP contribution is -1.95. The second kappa shape index (κ2) is 4.85. The van der Waals surface area contributed by atoms with Gasteiger partial charge in [-0.3, -0.25) is 0 Å². The Kier molecular flexibility index (Phi) is 3.49. The first-order valence-corrected chi connectivity index (χ1v) is 6.13. The molecule has 0 amide bonds. The molecule has 1 aliphatic rings. The molecule has 1 N–H and O–H groups in total. The van der Waals surface area contributed by atoms with Crippen molar-refractivity contribution in [3.05, 3.63) is 29.8 Å². The number of thioether (sulfide) groups is 1. The first-order chi connectivity index (χ1) is 6.90. The van der Waals surface area contributed by atoms with Crippen LogP contribution in [0.5, 0.6) is 0 Å². The van der Waals surface area contributed by atoms with Crippen LogP contribution in [0.3, 0.4) is 0 Å². The summed E-state index contributed by atoms with van der Waals surface area (Å²) in [5.74, 6) is 0. The van der Waals surface area contributed by atoms with Gasteiger partial charge in [-0.1, -0.05) is 31.0 Å². The molecule has 0 radical (unpaired) electrons. The zero-order chi connectivity index (χ0) is 9.80. The second-order valence-electron chi connectivity index (χ2n) is 3.79. The minimum atomic E-state index is 0.163. The Bertz CT molecular complexity index is 292. The van der Waals surface area contributed by atoms with Crippen LogP contribution in [0.1, 0.15) is 31.2 Å². The van der Waals surface area contributed by atoms with Crippen LogP contribution in [-0.2, 0) is 6.61 Å². The third-order valence-corrected chi connectivity index (χ3v) is 4.20. The fraction of sp³-hybridized carbons (Fsp3) is 0.500. The molecule has 0 unspecified atom stereocenters. The molecular formula is C12H16OS. The van der Waals surface area contributed by atoms with E-state index in [9.17, 15) is 5.11 Å². The lowest BCUT2D eigenvalue weighted by Gasteiger charge is -2.11. The van der Waals surface area contributed by atoms with Gasteiger partial charge in [-0.25, -0.2) is 0 Å². The molecule has 2 rings (SSSR count). The van der Waals surface area contributed by atoms with Gasteiger partial charge in [0.05, 0.1) is 6.61 Å². The molecule has 0 spiro atoms. The molecule has 1 aromatic carbocycles. The Morgan fingerprint density at radius 2 is 1.93 bits per heavy atom. The highest BCUT2D eigenvalue weighted by atomic mass is 32.2. The minimum Gasteiger partial charge on any atom is -0.392 e. The van der Waals surface area contributed by atoms with E-state index in [1.807, 2.05) is 23.9 Å². The van der Waals surface area contributed by atoms with Crippen molar-refractivity contribution >= 4 is 11.8 Å². The van der Waals surface area contributed by atoms with Gasteiger partial charge in [0, 0.05) is 10.1 Å². The van der Waals surface area contributed by atoms with Gasteiger partial charge >= 0.3 is 0 Å². The normalized spacial score (nSPS) is 17.5. The van der Waals surface area contributed by atoms with Crippen molar-refractivity contribution in [2.45, 2.75) is 42.4 Å². The van der Waals surface area contributed by atoms with E-state index in [0.717, 1.165) is 10.8 Å². The second-order valence-corrected chi connectivity index (χ2v) is 5.13. The van der Waals surface area contributed by atoms with Crippen LogP contribution >= 0.6 is 11.8 Å². The van der Waals surface area contributed by atoms with Gasteiger partial charge in [0.15, 0.2) is 0 Å². The number of aliphatic hydroxyl groups is 1. The summed E-state index contributed by atoms with van der Waals surface area (Å²) in [4.78, 5) is 1.27. The van der Waals surface area contributed by atoms with Crippen molar-refractivity contribution in [3.63, 3.8) is 0 Å². The van der Waals surface area contributed by atoms with E-state index < -0.39 is 0 Å². The Morgan fingerprint density at radius 3 is 2.64 bits per heavy atom. The fourth-order valence-electron chi connectivity index (χ4n) is 1.94. The molecule has 0 aromatic heterocycles. The van der Waals surface area contributed by atoms with E-state index in [2.05, 4.69) is 12.1 Å². The Labute approximate surface area is 89.5 Å². The molecule has 1 nitrogen and oxygen atoms in total. The highest BCUT2D eigenvalue weighted by molar-refractivity contribution is 8.00. The Balaban J connectivity index is 2.07. The minimum absolute atomic E-state index is 0.163. The molecule has 0 bridgehead atoms. The monoisotopic (exact) mass is 208 g/mol. The van der Waals surface area contributed by atoms with Crippen molar-refractivity contribution in [2.24, 2.45) is 0 Å². The third-order valence-electron chi connectivity index (χ3n) is 2.74. The van der Waals surface area contributed by atoms with Gasteiger partial charge in [-0.15, -0.1) is 11.8 Å². The molecule has 0 atom stereocenters. The van der Waals surface area contributed by atoms with E-state index in [1.54, 1.807) is 0 Å². The molecule has 1 aliphatic carbocycles. The van der Waals surface area contributed by atoms with Crippen LogP contribution in [0.15, 0.2) is 29.2 Å². The van der Waals surface area contributed by atoms with E-state index in [-0.39, 0.29) is 6.61 Å². The van der Waals surface area contributed by atoms with Crippen molar-refractivity contribution < 1.29 is 5.11 Å². The lowest BCUT2D eigenvalue weighted by molar-refractivity contribution is 0.279. The van der Waals surface area contributed by atoms with Crippen LogP contribution in [0.4, 0.5) is 0 Å². The number of hydrogen-bond donors (Lipinski definition) is 1. The summed E-state index contributed by atoms with van der Waals surface area (Å²) >= 11 is 1.94. The molecule has 0 saturated heterocycles. The van der Waals surface area contributed by atoms with Crippen LogP contribution in [0.2, 0.25) is 0 Å². The molecule has 0 heterocycles. The van der Waals surface area contributed by atoms with Crippen LogP contribution in [0.25, 0.3) is 0 Å². The van der Waals surface area contributed by atoms with E-state index in [0.29, 0.717) is 0 Å². The molecule has 1 fully saturated rings. The highest BCUT2D eigenvalue weighted by Gasteiger charge is 2.16. The van der Waals surface area contributed by atoms with Gasteiger partial charge in [-0.05, 0) is 24.5 Å². The maximum Gasteiger partial charge on any atom is 0.0692 e. The molecule has 1 saturated carbocycles. The average molecular weight is 208 g/mol. The van der Waals surface area contributed by atoms with Gasteiger partial charge in [0.2, 0.25) is 0 Å². The van der Waals surface area contributed by atoms with E-state index in [1.165, 1.54) is 30.6 Å². The largest absolute Gasteiger partial charge is 0.392 e. The predicted octanol–water partition coefficient (Wildman–Crippen LogP) is 3.21. The fourth-order valence-corrected chi connectivity index (χ4v) is 3.30. The summed E-state index contributed by atoms with van der Waals surface area (Å²) in [6, 6.07) is 8.17. The van der Waals surface area contributed by atoms with Crippen molar-refractivity contribution in [2.75, 3.05) is 0 Å². The van der Waals surface area contributed by atoms with E-state index >= 15 is 0 Å². The van der Waals surface area contributed by atoms with Crippen molar-refractivity contribution in [1.29, 1.82) is 0 Å². The summed E-state index contributed by atoms with van der Waals surface area (Å²) in [6.45, 7) is 0.163. The van der Waals surface area contributed by atoms with Gasteiger partial charge in [0.1, 0.15) is 0 Å². The van der Waals surface area contributed by atoms with Crippen molar-refractivity contribution in [1.82, 2.24) is 0 Å². The number of aliphatic hydroxyl groups excluding tert-OH is 1. The quantitative estimate of drug-likeness (QED) is 0.823. The van der Waals surface area contributed by atoms with E-state index in [4.69, 9.17) is 0 Å².